The predicted molar refractivity (Wildman–Crippen MR) is 108 cm³/mol. The summed E-state index contributed by atoms with van der Waals surface area (Å²) >= 11 is 1.31. The second kappa shape index (κ2) is 9.83. The molecular weight excluding hydrogens is 348 g/mol. The summed E-state index contributed by atoms with van der Waals surface area (Å²) in [4.78, 5) is 33.2. The Morgan fingerprint density at radius 1 is 1.27 bits per heavy atom. The fraction of sp³-hybridized carbons (Fsp3) is 0.632. The highest BCUT2D eigenvalue weighted by Crippen LogP contribution is 2.26. The Kier molecular flexibility index (Phi) is 7.78. The number of rotatable bonds is 10. The third kappa shape index (κ3) is 4.71. The maximum atomic E-state index is 12.7. The zero-order valence-electron chi connectivity index (χ0n) is 16.3. The molecule has 0 aromatic carbocycles. The molecule has 2 aromatic heterocycles. The maximum absolute atomic E-state index is 12.7. The highest BCUT2D eigenvalue weighted by molar-refractivity contribution is 7.20. The van der Waals surface area contributed by atoms with Crippen LogP contribution in [-0.2, 0) is 6.54 Å². The van der Waals surface area contributed by atoms with Gasteiger partial charge in [0.2, 0.25) is 0 Å². The van der Waals surface area contributed by atoms with Crippen LogP contribution in [0.25, 0.3) is 10.2 Å². The van der Waals surface area contributed by atoms with Crippen LogP contribution in [0.2, 0.25) is 0 Å². The number of amides is 1. The number of carbonyl (C=O) groups excluding carboxylic acids is 1. The lowest BCUT2D eigenvalue weighted by molar-refractivity contribution is 0.0955. The van der Waals surface area contributed by atoms with Gasteiger partial charge in [0, 0.05) is 13.1 Å². The number of hydrogen-bond acceptors (Lipinski definition) is 5. The molecule has 0 fully saturated rings. The molecule has 0 radical (unpaired) electrons. The van der Waals surface area contributed by atoms with Gasteiger partial charge in [-0.15, -0.1) is 11.3 Å². The normalized spacial score (nSPS) is 11.4. The molecule has 0 atom stereocenters. The Hall–Kier alpha value is -1.73. The van der Waals surface area contributed by atoms with Crippen molar-refractivity contribution in [2.24, 2.45) is 0 Å². The maximum Gasteiger partial charge on any atom is 0.262 e. The molecule has 0 saturated heterocycles. The van der Waals surface area contributed by atoms with E-state index in [0.717, 1.165) is 44.5 Å². The van der Waals surface area contributed by atoms with E-state index in [1.807, 2.05) is 6.92 Å². The Labute approximate surface area is 159 Å². The van der Waals surface area contributed by atoms with Crippen LogP contribution in [0.3, 0.4) is 0 Å². The van der Waals surface area contributed by atoms with Gasteiger partial charge < -0.3 is 10.2 Å². The molecule has 2 heterocycles. The number of unbranched alkanes of at least 4 members (excludes halogenated alkanes) is 1. The van der Waals surface area contributed by atoms with Crippen LogP contribution in [0.1, 0.15) is 55.3 Å². The first kappa shape index (κ1) is 20.6. The molecule has 6 nitrogen and oxygen atoms in total. The van der Waals surface area contributed by atoms with Crippen molar-refractivity contribution >= 4 is 27.5 Å². The molecule has 26 heavy (non-hydrogen) atoms. The van der Waals surface area contributed by atoms with Crippen LogP contribution in [-0.4, -0.2) is 46.5 Å². The van der Waals surface area contributed by atoms with Crippen molar-refractivity contribution in [1.82, 2.24) is 19.8 Å². The minimum Gasteiger partial charge on any atom is -0.351 e. The smallest absolute Gasteiger partial charge is 0.262 e. The van der Waals surface area contributed by atoms with Gasteiger partial charge in [0.15, 0.2) is 0 Å². The van der Waals surface area contributed by atoms with Gasteiger partial charge in [-0.25, -0.2) is 4.98 Å². The van der Waals surface area contributed by atoms with E-state index in [1.54, 1.807) is 10.9 Å². The van der Waals surface area contributed by atoms with Crippen LogP contribution < -0.4 is 10.9 Å². The quantitative estimate of drug-likeness (QED) is 0.645. The third-order valence-electron chi connectivity index (χ3n) is 4.71. The molecule has 0 bridgehead atoms. The van der Waals surface area contributed by atoms with E-state index in [9.17, 15) is 9.59 Å². The van der Waals surface area contributed by atoms with E-state index in [2.05, 4.69) is 36.0 Å². The summed E-state index contributed by atoms with van der Waals surface area (Å²) in [6.07, 6.45) is 4.48. The van der Waals surface area contributed by atoms with Crippen LogP contribution in [0.4, 0.5) is 0 Å². The van der Waals surface area contributed by atoms with Crippen molar-refractivity contribution in [2.45, 2.75) is 53.5 Å². The van der Waals surface area contributed by atoms with Crippen LogP contribution in [0.5, 0.6) is 0 Å². The van der Waals surface area contributed by atoms with E-state index in [4.69, 9.17) is 0 Å². The van der Waals surface area contributed by atoms with E-state index in [-0.39, 0.29) is 11.5 Å². The molecule has 0 aliphatic heterocycles. The molecular formula is C19H30N4O2S. The van der Waals surface area contributed by atoms with Crippen molar-refractivity contribution in [3.8, 4) is 0 Å². The van der Waals surface area contributed by atoms with Gasteiger partial charge in [0.1, 0.15) is 4.83 Å². The van der Waals surface area contributed by atoms with Crippen molar-refractivity contribution < 1.29 is 4.79 Å². The molecule has 2 rings (SSSR count). The molecule has 1 N–H and O–H groups in total. The van der Waals surface area contributed by atoms with Crippen molar-refractivity contribution in [3.05, 3.63) is 27.1 Å². The lowest BCUT2D eigenvalue weighted by Gasteiger charge is -2.17. The zero-order valence-corrected chi connectivity index (χ0v) is 17.1. The Bertz CT molecular complexity index is 793. The topological polar surface area (TPSA) is 67.2 Å². The van der Waals surface area contributed by atoms with Crippen molar-refractivity contribution in [3.63, 3.8) is 0 Å². The lowest BCUT2D eigenvalue weighted by Crippen LogP contribution is -2.29. The summed E-state index contributed by atoms with van der Waals surface area (Å²) in [5.41, 5.74) is 0.701. The Balaban J connectivity index is 2.09. The largest absolute Gasteiger partial charge is 0.351 e. The van der Waals surface area contributed by atoms with Gasteiger partial charge in [-0.2, -0.15) is 0 Å². The average Bonchev–Trinajstić information content (AvgIpc) is 2.98. The number of nitrogens with one attached hydrogen (secondary N) is 1. The first-order valence-corrected chi connectivity index (χ1v) is 10.3. The summed E-state index contributed by atoms with van der Waals surface area (Å²) in [5.74, 6) is -0.107. The highest BCUT2D eigenvalue weighted by atomic mass is 32.1. The molecule has 0 aliphatic carbocycles. The molecule has 7 heteroatoms. The number of nitrogens with zero attached hydrogens (tertiary/aromatic N) is 3. The van der Waals surface area contributed by atoms with Gasteiger partial charge in [0.05, 0.1) is 16.6 Å². The van der Waals surface area contributed by atoms with Gasteiger partial charge in [-0.05, 0) is 45.0 Å². The fourth-order valence-corrected chi connectivity index (χ4v) is 4.04. The molecule has 0 spiro atoms. The highest BCUT2D eigenvalue weighted by Gasteiger charge is 2.19. The Morgan fingerprint density at radius 2 is 2.00 bits per heavy atom. The summed E-state index contributed by atoms with van der Waals surface area (Å²) in [6.45, 7) is 12.5. The van der Waals surface area contributed by atoms with E-state index in [1.165, 1.54) is 11.3 Å². The number of thiophene rings is 1. The number of fused-ring (bicyclic) bond motifs is 1. The van der Waals surface area contributed by atoms with Crippen molar-refractivity contribution in [1.29, 1.82) is 0 Å². The number of hydrogen-bond donors (Lipinski definition) is 1. The molecule has 0 aliphatic rings. The molecule has 144 valence electrons. The molecule has 2 aromatic rings. The van der Waals surface area contributed by atoms with Gasteiger partial charge >= 0.3 is 0 Å². The van der Waals surface area contributed by atoms with Crippen LogP contribution in [0.15, 0.2) is 11.1 Å². The van der Waals surface area contributed by atoms with Gasteiger partial charge in [0.25, 0.3) is 11.5 Å². The molecule has 0 unspecified atom stereocenters. The van der Waals surface area contributed by atoms with Gasteiger partial charge in [-0.1, -0.05) is 27.2 Å². The van der Waals surface area contributed by atoms with Crippen LogP contribution >= 0.6 is 11.3 Å². The first-order valence-electron chi connectivity index (χ1n) is 9.52. The minimum absolute atomic E-state index is 0.0437. The second-order valence-corrected chi connectivity index (χ2v) is 7.47. The standard InChI is InChI=1S/C19H30N4O2S/c1-5-8-12-23-13-21-18-15(19(23)25)14(4)16(26-18)17(24)20-10-9-11-22(6-2)7-3/h13H,5-12H2,1-4H3,(H,20,24). The van der Waals surface area contributed by atoms with Crippen LogP contribution in [0, 0.1) is 6.92 Å². The molecule has 1 amide bonds. The number of aromatic nitrogens is 2. The zero-order chi connectivity index (χ0) is 19.1. The first-order chi connectivity index (χ1) is 12.5. The van der Waals surface area contributed by atoms with E-state index < -0.39 is 0 Å². The predicted octanol–water partition coefficient (Wildman–Crippen LogP) is 3.03. The fourth-order valence-electron chi connectivity index (χ4n) is 2.99. The Morgan fingerprint density at radius 3 is 2.65 bits per heavy atom. The summed E-state index contributed by atoms with van der Waals surface area (Å²) < 4.78 is 1.65. The monoisotopic (exact) mass is 378 g/mol. The average molecular weight is 379 g/mol. The number of carbonyl (C=O) groups is 1. The summed E-state index contributed by atoms with van der Waals surface area (Å²) in [6, 6.07) is 0. The number of aryl methyl sites for hydroxylation is 2. The summed E-state index contributed by atoms with van der Waals surface area (Å²) in [5, 5.41) is 3.57. The molecule has 0 saturated carbocycles. The minimum atomic E-state index is -0.107. The second-order valence-electron chi connectivity index (χ2n) is 6.47. The van der Waals surface area contributed by atoms with Crippen molar-refractivity contribution in [2.75, 3.05) is 26.2 Å². The lowest BCUT2D eigenvalue weighted by atomic mass is 10.2. The van der Waals surface area contributed by atoms with Gasteiger partial charge in [-0.3, -0.25) is 14.2 Å². The third-order valence-corrected chi connectivity index (χ3v) is 5.91. The SMILES string of the molecule is CCCCn1cnc2sc(C(=O)NCCCN(CC)CC)c(C)c2c1=O. The van der Waals surface area contributed by atoms with E-state index in [0.29, 0.717) is 28.2 Å². The van der Waals surface area contributed by atoms with E-state index >= 15 is 0 Å². The summed E-state index contributed by atoms with van der Waals surface area (Å²) in [7, 11) is 0.